The average Bonchev–Trinajstić information content (AvgIpc) is 2.84. The Balaban J connectivity index is 1.41. The third kappa shape index (κ3) is 5.14. The Hall–Kier alpha value is -3.88. The van der Waals surface area contributed by atoms with Gasteiger partial charge in [0.15, 0.2) is 11.6 Å². The van der Waals surface area contributed by atoms with Crippen molar-refractivity contribution in [2.45, 2.75) is 6.92 Å². The molecular formula is C24H26FN5O3. The van der Waals surface area contributed by atoms with Crippen molar-refractivity contribution in [2.75, 3.05) is 50.6 Å². The largest absolute Gasteiger partial charge is 0.497 e. The first kappa shape index (κ1) is 22.3. The maximum absolute atomic E-state index is 14.0. The monoisotopic (exact) mass is 451 g/mol. The van der Waals surface area contributed by atoms with Crippen molar-refractivity contribution in [3.63, 3.8) is 0 Å². The van der Waals surface area contributed by atoms with E-state index in [-0.39, 0.29) is 11.7 Å². The lowest BCUT2D eigenvalue weighted by molar-refractivity contribution is 0.0745. The van der Waals surface area contributed by atoms with Gasteiger partial charge in [0.05, 0.1) is 14.2 Å². The lowest BCUT2D eigenvalue weighted by atomic mass is 10.1. The van der Waals surface area contributed by atoms with Gasteiger partial charge < -0.3 is 24.6 Å². The molecule has 33 heavy (non-hydrogen) atoms. The van der Waals surface area contributed by atoms with Crippen LogP contribution in [0.2, 0.25) is 0 Å². The van der Waals surface area contributed by atoms with Gasteiger partial charge in [-0.15, -0.1) is 0 Å². The highest BCUT2D eigenvalue weighted by molar-refractivity contribution is 5.94. The first-order chi connectivity index (χ1) is 16.0. The molecule has 0 aliphatic carbocycles. The summed E-state index contributed by atoms with van der Waals surface area (Å²) < 4.78 is 24.1. The van der Waals surface area contributed by atoms with E-state index in [0.717, 1.165) is 17.1 Å². The lowest BCUT2D eigenvalue weighted by Gasteiger charge is -2.35. The van der Waals surface area contributed by atoms with Crippen LogP contribution < -0.4 is 19.7 Å². The first-order valence-corrected chi connectivity index (χ1v) is 10.6. The van der Waals surface area contributed by atoms with Gasteiger partial charge >= 0.3 is 0 Å². The number of nitrogens with one attached hydrogen (secondary N) is 1. The number of aryl methyl sites for hydroxylation is 1. The van der Waals surface area contributed by atoms with Crippen LogP contribution in [0.4, 0.5) is 21.8 Å². The summed E-state index contributed by atoms with van der Waals surface area (Å²) in [5, 5.41) is 3.30. The summed E-state index contributed by atoms with van der Waals surface area (Å²) in [6.45, 7) is 4.06. The number of benzene rings is 2. The first-order valence-electron chi connectivity index (χ1n) is 10.6. The van der Waals surface area contributed by atoms with Gasteiger partial charge in [-0.1, -0.05) is 0 Å². The fourth-order valence-corrected chi connectivity index (χ4v) is 3.67. The average molecular weight is 452 g/mol. The number of rotatable bonds is 6. The highest BCUT2D eigenvalue weighted by Gasteiger charge is 2.24. The van der Waals surface area contributed by atoms with Gasteiger partial charge in [0.25, 0.3) is 5.91 Å². The molecule has 0 radical (unpaired) electrons. The van der Waals surface area contributed by atoms with Crippen molar-refractivity contribution in [2.24, 2.45) is 0 Å². The summed E-state index contributed by atoms with van der Waals surface area (Å²) >= 11 is 0. The van der Waals surface area contributed by atoms with E-state index in [9.17, 15) is 9.18 Å². The molecule has 1 fully saturated rings. The van der Waals surface area contributed by atoms with Gasteiger partial charge in [-0.05, 0) is 49.4 Å². The fourth-order valence-electron chi connectivity index (χ4n) is 3.67. The fraction of sp³-hybridized carbons (Fsp3) is 0.292. The number of carbonyl (C=O) groups excluding carboxylic acids is 1. The summed E-state index contributed by atoms with van der Waals surface area (Å²) in [5.74, 6) is 1.44. The Morgan fingerprint density at radius 2 is 1.70 bits per heavy atom. The molecule has 0 unspecified atom stereocenters. The van der Waals surface area contributed by atoms with E-state index < -0.39 is 5.82 Å². The predicted octanol–water partition coefficient (Wildman–Crippen LogP) is 3.65. The minimum Gasteiger partial charge on any atom is -0.497 e. The SMILES string of the molecule is COc1ccc(Nc2cc(C)nc(N3CCN(C(=O)c4ccc(OC)c(F)c4)CC3)n2)cc1. The molecule has 1 amide bonds. The molecule has 1 aliphatic heterocycles. The zero-order valence-corrected chi connectivity index (χ0v) is 18.8. The van der Waals surface area contributed by atoms with Crippen molar-refractivity contribution < 1.29 is 18.7 Å². The van der Waals surface area contributed by atoms with E-state index in [1.54, 1.807) is 18.1 Å². The normalized spacial score (nSPS) is 13.6. The Labute approximate surface area is 192 Å². The molecular weight excluding hydrogens is 425 g/mol. The Kier molecular flexibility index (Phi) is 6.58. The van der Waals surface area contributed by atoms with Crippen molar-refractivity contribution in [3.8, 4) is 11.5 Å². The molecule has 0 bridgehead atoms. The van der Waals surface area contributed by atoms with Crippen molar-refractivity contribution >= 4 is 23.4 Å². The summed E-state index contributed by atoms with van der Waals surface area (Å²) in [6, 6.07) is 13.7. The number of hydrogen-bond donors (Lipinski definition) is 1. The van der Waals surface area contributed by atoms with Crippen LogP contribution in [0.5, 0.6) is 11.5 Å². The topological polar surface area (TPSA) is 79.8 Å². The maximum atomic E-state index is 14.0. The molecule has 0 saturated carbocycles. The van der Waals surface area contributed by atoms with E-state index in [1.807, 2.05) is 42.2 Å². The smallest absolute Gasteiger partial charge is 0.254 e. The van der Waals surface area contributed by atoms with Gasteiger partial charge in [0, 0.05) is 49.2 Å². The predicted molar refractivity (Wildman–Crippen MR) is 124 cm³/mol. The third-order valence-corrected chi connectivity index (χ3v) is 5.45. The van der Waals surface area contributed by atoms with Crippen LogP contribution in [-0.2, 0) is 0 Å². The molecule has 8 nitrogen and oxygen atoms in total. The van der Waals surface area contributed by atoms with Gasteiger partial charge in [-0.2, -0.15) is 4.98 Å². The van der Waals surface area contributed by atoms with E-state index >= 15 is 0 Å². The van der Waals surface area contributed by atoms with Gasteiger partial charge in [-0.25, -0.2) is 9.37 Å². The second-order valence-corrected chi connectivity index (χ2v) is 7.68. The third-order valence-electron chi connectivity index (χ3n) is 5.45. The standard InChI is InChI=1S/C24H26FN5O3/c1-16-14-22(27-18-5-7-19(32-2)8-6-18)28-24(26-16)30-12-10-29(11-13-30)23(31)17-4-9-21(33-3)20(25)15-17/h4-9,14-15H,10-13H2,1-3H3,(H,26,27,28). The van der Waals surface area contributed by atoms with Crippen LogP contribution >= 0.6 is 0 Å². The number of amides is 1. The second-order valence-electron chi connectivity index (χ2n) is 7.68. The van der Waals surface area contributed by atoms with E-state index in [2.05, 4.69) is 15.3 Å². The zero-order chi connectivity index (χ0) is 23.4. The number of nitrogens with zero attached hydrogens (tertiary/aromatic N) is 4. The molecule has 3 aromatic rings. The molecule has 4 rings (SSSR count). The van der Waals surface area contributed by atoms with Crippen LogP contribution in [0.1, 0.15) is 16.1 Å². The Bertz CT molecular complexity index is 1130. The lowest BCUT2D eigenvalue weighted by Crippen LogP contribution is -2.49. The summed E-state index contributed by atoms with van der Waals surface area (Å²) in [5.41, 5.74) is 2.03. The molecule has 2 heterocycles. The highest BCUT2D eigenvalue weighted by atomic mass is 19.1. The minimum absolute atomic E-state index is 0.118. The second kappa shape index (κ2) is 9.72. The van der Waals surface area contributed by atoms with Gasteiger partial charge in [0.1, 0.15) is 11.6 Å². The molecule has 9 heteroatoms. The van der Waals surface area contributed by atoms with Crippen LogP contribution in [0.15, 0.2) is 48.5 Å². The highest BCUT2D eigenvalue weighted by Crippen LogP contribution is 2.23. The molecule has 0 spiro atoms. The van der Waals surface area contributed by atoms with Crippen LogP contribution in [-0.4, -0.2) is 61.2 Å². The number of hydrogen-bond acceptors (Lipinski definition) is 7. The van der Waals surface area contributed by atoms with Crippen LogP contribution in [0.25, 0.3) is 0 Å². The zero-order valence-electron chi connectivity index (χ0n) is 18.8. The molecule has 0 atom stereocenters. The molecule has 1 aromatic heterocycles. The van der Waals surface area contributed by atoms with E-state index in [1.165, 1.54) is 19.2 Å². The quantitative estimate of drug-likeness (QED) is 0.613. The summed E-state index contributed by atoms with van der Waals surface area (Å²) in [7, 11) is 3.02. The summed E-state index contributed by atoms with van der Waals surface area (Å²) in [4.78, 5) is 25.8. The number of anilines is 3. The number of carbonyl (C=O) groups is 1. The molecule has 2 aromatic carbocycles. The van der Waals surface area contributed by atoms with Crippen LogP contribution in [0.3, 0.4) is 0 Å². The van der Waals surface area contributed by atoms with E-state index in [4.69, 9.17) is 9.47 Å². The van der Waals surface area contributed by atoms with Crippen LogP contribution in [0, 0.1) is 12.7 Å². The molecule has 1 aliphatic rings. The summed E-state index contributed by atoms with van der Waals surface area (Å²) in [6.07, 6.45) is 0. The van der Waals surface area contributed by atoms with Crippen molar-refractivity contribution in [1.29, 1.82) is 0 Å². The Morgan fingerprint density at radius 3 is 2.33 bits per heavy atom. The number of methoxy groups -OCH3 is 2. The van der Waals surface area contributed by atoms with Crippen molar-refractivity contribution in [1.82, 2.24) is 14.9 Å². The Morgan fingerprint density at radius 1 is 0.970 bits per heavy atom. The molecule has 1 N–H and O–H groups in total. The van der Waals surface area contributed by atoms with E-state index in [0.29, 0.717) is 43.5 Å². The molecule has 1 saturated heterocycles. The van der Waals surface area contributed by atoms with Gasteiger partial charge in [-0.3, -0.25) is 4.79 Å². The number of halogens is 1. The number of aromatic nitrogens is 2. The number of ether oxygens (including phenoxy) is 2. The van der Waals surface area contributed by atoms with Crippen molar-refractivity contribution in [3.05, 3.63) is 65.6 Å². The van der Waals surface area contributed by atoms with Gasteiger partial charge in [0.2, 0.25) is 5.95 Å². The maximum Gasteiger partial charge on any atom is 0.254 e. The molecule has 172 valence electrons. The number of piperazine rings is 1. The minimum atomic E-state index is -0.549.